The summed E-state index contributed by atoms with van der Waals surface area (Å²) in [6.45, 7) is 6.09. The van der Waals surface area contributed by atoms with Crippen molar-refractivity contribution in [2.45, 2.75) is 19.1 Å². The van der Waals surface area contributed by atoms with E-state index in [9.17, 15) is 52.6 Å². The second kappa shape index (κ2) is 23.4. The first-order valence-corrected chi connectivity index (χ1v) is 23.5. The first kappa shape index (κ1) is 52.2. The Morgan fingerprint density at radius 1 is 0.690 bits per heavy atom. The average molecular weight is 1000 g/mol. The number of nitrogens with one attached hydrogen (secondary N) is 4. The minimum Gasteiger partial charge on any atom is -0.465 e. The summed E-state index contributed by atoms with van der Waals surface area (Å²) >= 11 is 0. The first-order valence-electron chi connectivity index (χ1n) is 21.7. The van der Waals surface area contributed by atoms with E-state index in [1.165, 1.54) is 82.6 Å². The quantitative estimate of drug-likeness (QED) is 0.0237. The lowest BCUT2D eigenvalue weighted by Gasteiger charge is -2.34. The average Bonchev–Trinajstić information content (AvgIpc) is 3.91. The number of amides is 4. The maximum Gasteiger partial charge on any atom is 0.414 e. The number of nitro groups is 2. The molecule has 4 N–H and O–H groups in total. The molecule has 374 valence electrons. The lowest BCUT2D eigenvalue weighted by atomic mass is 10.1. The highest BCUT2D eigenvalue weighted by molar-refractivity contribution is 7.86. The third kappa shape index (κ3) is 14.2. The third-order valence-electron chi connectivity index (χ3n) is 10.9. The summed E-state index contributed by atoms with van der Waals surface area (Å²) in [6, 6.07) is 23.4. The largest absolute Gasteiger partial charge is 0.465 e. The van der Waals surface area contributed by atoms with Crippen LogP contribution in [0.5, 0.6) is 0 Å². The number of esters is 1. The van der Waals surface area contributed by atoms with Gasteiger partial charge in [-0.25, -0.2) is 9.59 Å². The Morgan fingerprint density at radius 2 is 1.11 bits per heavy atom. The molecule has 3 aliphatic heterocycles. The van der Waals surface area contributed by atoms with E-state index < -0.39 is 50.1 Å². The molecule has 0 saturated carbocycles. The number of carbonyl (C=O) groups is 5. The van der Waals surface area contributed by atoms with Crippen molar-refractivity contribution in [3.05, 3.63) is 140 Å². The Labute approximate surface area is 405 Å². The molecule has 3 aliphatic rings. The molecule has 0 bridgehead atoms. The molecule has 0 spiro atoms. The van der Waals surface area contributed by atoms with Gasteiger partial charge < -0.3 is 24.8 Å². The standard InChI is InChI=1S/C26H30N6O7.C19H18N4O8S/c1-2-38-23(33)17-30-13-11-29(12-14-30)15-20-16-31(26(35)39-20)19-9-7-18(8-10-19)24(27)28-25(34)21-5-3-4-6-22(21)32(36)37;1-32(28,29)30-11-14-10-22(19(25)31-14)13-8-6-12(7-9-13)17(20)21-18(24)15-4-2-3-5-16(15)23(26)27/h3-10,20H,2,11-17H2,1H3,(H2,27,28,34);2-9,14H,10-11H2,1H3,(H2,20,21,24). The van der Waals surface area contributed by atoms with Gasteiger partial charge in [-0.15, -0.1) is 0 Å². The van der Waals surface area contributed by atoms with Gasteiger partial charge in [-0.3, -0.25) is 69.2 Å². The second-order valence-electron chi connectivity index (χ2n) is 15.9. The van der Waals surface area contributed by atoms with Gasteiger partial charge >= 0.3 is 18.2 Å². The van der Waals surface area contributed by atoms with Crippen LogP contribution in [0.2, 0.25) is 0 Å². The third-order valence-corrected chi connectivity index (χ3v) is 11.5. The number of carbonyl (C=O) groups excluding carboxylic acids is 5. The van der Waals surface area contributed by atoms with E-state index in [0.717, 1.165) is 32.4 Å². The molecule has 7 rings (SSSR count). The number of nitrogens with zero attached hydrogens (tertiary/aromatic N) is 6. The van der Waals surface area contributed by atoms with Crippen molar-refractivity contribution in [1.29, 1.82) is 10.8 Å². The lowest BCUT2D eigenvalue weighted by molar-refractivity contribution is -0.385. The molecule has 2 unspecified atom stereocenters. The molecule has 2 atom stereocenters. The number of hydrogen-bond donors (Lipinski definition) is 4. The van der Waals surface area contributed by atoms with Crippen LogP contribution in [0.3, 0.4) is 0 Å². The van der Waals surface area contributed by atoms with Gasteiger partial charge in [-0.2, -0.15) is 8.42 Å². The van der Waals surface area contributed by atoms with E-state index in [4.69, 9.17) is 25.0 Å². The first-order chi connectivity index (χ1) is 33.8. The fourth-order valence-corrected chi connectivity index (χ4v) is 7.82. The summed E-state index contributed by atoms with van der Waals surface area (Å²) in [4.78, 5) is 89.1. The fraction of sp³-hybridized carbons (Fsp3) is 0.311. The number of piperazine rings is 1. The van der Waals surface area contributed by atoms with Crippen molar-refractivity contribution in [3.8, 4) is 0 Å². The summed E-state index contributed by atoms with van der Waals surface area (Å²) in [5.41, 5.74) is 0.632. The SMILES string of the molecule is CCOC(=O)CN1CCN(CC2CN(c3ccc(C(=N)NC(=O)c4ccccc4[N+](=O)[O-])cc3)C(=O)O2)CC1.CS(=O)(=O)OCC1CN(c2ccc(C(=N)NC(=O)c3ccccc3[N+](=O)[O-])cc2)C(=O)O1. The number of hydrogen-bond acceptors (Lipinski definition) is 19. The molecule has 3 fully saturated rings. The van der Waals surface area contributed by atoms with Crippen LogP contribution < -0.4 is 20.4 Å². The number of rotatable bonds is 16. The maximum atomic E-state index is 12.5. The van der Waals surface area contributed by atoms with Crippen LogP contribution in [0.1, 0.15) is 38.8 Å². The smallest absolute Gasteiger partial charge is 0.414 e. The van der Waals surface area contributed by atoms with Gasteiger partial charge in [-0.05, 0) is 67.6 Å². The van der Waals surface area contributed by atoms with Gasteiger partial charge in [0.25, 0.3) is 33.3 Å². The normalized spacial score (nSPS) is 17.0. The predicted octanol–water partition coefficient (Wildman–Crippen LogP) is 3.51. The van der Waals surface area contributed by atoms with E-state index in [1.807, 2.05) is 4.90 Å². The molecule has 4 amide bonds. The Bertz CT molecular complexity index is 2810. The topological polar surface area (TPSA) is 327 Å². The summed E-state index contributed by atoms with van der Waals surface area (Å²) in [7, 11) is -3.67. The van der Waals surface area contributed by atoms with Crippen molar-refractivity contribution in [2.24, 2.45) is 0 Å². The van der Waals surface area contributed by atoms with Gasteiger partial charge in [0.05, 0.1) is 42.3 Å². The van der Waals surface area contributed by atoms with Crippen molar-refractivity contribution in [3.63, 3.8) is 0 Å². The highest BCUT2D eigenvalue weighted by Gasteiger charge is 2.35. The van der Waals surface area contributed by atoms with Crippen molar-refractivity contribution < 1.29 is 60.6 Å². The van der Waals surface area contributed by atoms with E-state index in [0.29, 0.717) is 42.2 Å². The van der Waals surface area contributed by atoms with Crippen LogP contribution in [0.4, 0.5) is 32.3 Å². The molecular weight excluding hydrogens is 953 g/mol. The zero-order valence-corrected chi connectivity index (χ0v) is 39.0. The predicted molar refractivity (Wildman–Crippen MR) is 253 cm³/mol. The van der Waals surface area contributed by atoms with E-state index >= 15 is 0 Å². The highest BCUT2D eigenvalue weighted by atomic mass is 32.2. The molecule has 3 heterocycles. The minimum absolute atomic E-state index is 0.0690. The second-order valence-corrected chi connectivity index (χ2v) is 17.5. The number of anilines is 2. The van der Waals surface area contributed by atoms with Gasteiger partial charge in [0.15, 0.2) is 0 Å². The van der Waals surface area contributed by atoms with Crippen molar-refractivity contribution >= 4 is 74.5 Å². The molecule has 0 aliphatic carbocycles. The Balaban J connectivity index is 0.000000237. The zero-order valence-electron chi connectivity index (χ0n) is 38.2. The van der Waals surface area contributed by atoms with Gasteiger partial charge in [0, 0.05) is 67.4 Å². The molecule has 0 aromatic heterocycles. The monoisotopic (exact) mass is 1000 g/mol. The van der Waals surface area contributed by atoms with Gasteiger partial charge in [0.1, 0.15) is 41.6 Å². The fourth-order valence-electron chi connectivity index (χ4n) is 7.43. The van der Waals surface area contributed by atoms with Gasteiger partial charge in [-0.1, -0.05) is 24.3 Å². The maximum absolute atomic E-state index is 12.5. The molecule has 4 aromatic carbocycles. The Hall–Kier alpha value is -8.20. The lowest BCUT2D eigenvalue weighted by Crippen LogP contribution is -2.50. The van der Waals surface area contributed by atoms with Crippen LogP contribution in [-0.2, 0) is 33.3 Å². The van der Waals surface area contributed by atoms with Gasteiger partial charge in [0.2, 0.25) is 0 Å². The number of ether oxygens (including phenoxy) is 3. The zero-order chi connectivity index (χ0) is 51.4. The molecule has 26 heteroatoms. The Morgan fingerprint density at radius 3 is 1.55 bits per heavy atom. The van der Waals surface area contributed by atoms with E-state index in [-0.39, 0.29) is 65.9 Å². The molecule has 4 aromatic rings. The van der Waals surface area contributed by atoms with Crippen molar-refractivity contribution in [2.75, 3.05) is 81.6 Å². The summed E-state index contributed by atoms with van der Waals surface area (Å²) in [5.74, 6) is -2.31. The van der Waals surface area contributed by atoms with Crippen LogP contribution in [-0.4, -0.2) is 154 Å². The van der Waals surface area contributed by atoms with Crippen LogP contribution in [0.25, 0.3) is 0 Å². The van der Waals surface area contributed by atoms with Crippen LogP contribution >= 0.6 is 0 Å². The molecule has 25 nitrogen and oxygen atoms in total. The summed E-state index contributed by atoms with van der Waals surface area (Å²) < 4.78 is 42.5. The summed E-state index contributed by atoms with van der Waals surface area (Å²) in [5, 5.41) is 43.2. The number of amidine groups is 2. The Kier molecular flexibility index (Phi) is 17.2. The van der Waals surface area contributed by atoms with Crippen LogP contribution in [0.15, 0.2) is 97.1 Å². The molecular formula is C45H48N10O15S. The number of nitro benzene ring substituents is 2. The van der Waals surface area contributed by atoms with E-state index in [1.54, 1.807) is 31.2 Å². The van der Waals surface area contributed by atoms with Crippen molar-refractivity contribution in [1.82, 2.24) is 20.4 Å². The summed E-state index contributed by atoms with van der Waals surface area (Å²) in [6.07, 6.45) is -1.33. The number of para-hydroxylation sites is 2. The van der Waals surface area contributed by atoms with Crippen LogP contribution in [0, 0.1) is 31.0 Å². The van der Waals surface area contributed by atoms with E-state index in [2.05, 4.69) is 19.7 Å². The molecule has 0 radical (unpaired) electrons. The minimum atomic E-state index is -3.67. The highest BCUT2D eigenvalue weighted by Crippen LogP contribution is 2.25. The molecule has 71 heavy (non-hydrogen) atoms. The number of benzene rings is 4. The molecule has 3 saturated heterocycles. The number of cyclic esters (lactones) is 2.